The average Bonchev–Trinajstić information content (AvgIpc) is 2.45. The van der Waals surface area contributed by atoms with Gasteiger partial charge >= 0.3 is 0 Å². The van der Waals surface area contributed by atoms with Crippen LogP contribution in [0.1, 0.15) is 38.2 Å². The number of ether oxygens (including phenoxy) is 1. The van der Waals surface area contributed by atoms with Gasteiger partial charge in [-0.1, -0.05) is 60.3 Å². The topological polar surface area (TPSA) is 41.5 Å². The van der Waals surface area contributed by atoms with E-state index in [1.165, 1.54) is 24.8 Å². The number of hydrogen-bond acceptors (Lipinski definition) is 3. The van der Waals surface area contributed by atoms with E-state index in [0.717, 1.165) is 24.0 Å². The lowest BCUT2D eigenvalue weighted by Gasteiger charge is -2.13. The molecule has 0 aliphatic heterocycles. The number of nitrogens with one attached hydrogen (secondary N) is 1. The fourth-order valence-electron chi connectivity index (χ4n) is 1.92. The van der Waals surface area contributed by atoms with Crippen LogP contribution in [0.3, 0.4) is 0 Å². The van der Waals surface area contributed by atoms with Gasteiger partial charge in [0.05, 0.1) is 12.7 Å². The Balaban J connectivity index is 2.03. The Hall–Kier alpha value is -0.420. The molecule has 0 aliphatic carbocycles. The average molecular weight is 344 g/mol. The molecule has 1 atom stereocenters. The summed E-state index contributed by atoms with van der Waals surface area (Å²) in [5, 5.41) is 13.0. The standard InChI is InChI=1S/C16H26BrNO2/c1-2-3-4-7-10-20-13-15(19)12-18-11-14-8-5-6-9-16(14)17/h5-6,8-9,15,18-19H,2-4,7,10-13H2,1H3. The predicted molar refractivity (Wildman–Crippen MR) is 86.8 cm³/mol. The van der Waals surface area contributed by atoms with Crippen molar-refractivity contribution < 1.29 is 9.84 Å². The first-order valence-corrected chi connectivity index (χ1v) is 8.23. The van der Waals surface area contributed by atoms with Crippen LogP contribution in [0.2, 0.25) is 0 Å². The highest BCUT2D eigenvalue weighted by atomic mass is 79.9. The predicted octanol–water partition coefficient (Wildman–Crippen LogP) is 3.50. The molecule has 1 aromatic carbocycles. The van der Waals surface area contributed by atoms with Crippen LogP contribution >= 0.6 is 15.9 Å². The van der Waals surface area contributed by atoms with Gasteiger partial charge in [0, 0.05) is 24.2 Å². The normalized spacial score (nSPS) is 12.6. The SMILES string of the molecule is CCCCCCOCC(O)CNCc1ccccc1Br. The van der Waals surface area contributed by atoms with Gasteiger partial charge in [0.2, 0.25) is 0 Å². The number of aliphatic hydroxyl groups is 1. The van der Waals surface area contributed by atoms with Crippen LogP contribution in [0.4, 0.5) is 0 Å². The molecule has 114 valence electrons. The molecule has 0 bridgehead atoms. The molecule has 1 rings (SSSR count). The van der Waals surface area contributed by atoms with Crippen molar-refractivity contribution in [1.29, 1.82) is 0 Å². The molecule has 0 spiro atoms. The molecule has 1 aromatic rings. The fourth-order valence-corrected chi connectivity index (χ4v) is 2.35. The highest BCUT2D eigenvalue weighted by Crippen LogP contribution is 2.15. The van der Waals surface area contributed by atoms with Crippen molar-refractivity contribution >= 4 is 15.9 Å². The lowest BCUT2D eigenvalue weighted by atomic mass is 10.2. The fraction of sp³-hybridized carbons (Fsp3) is 0.625. The van der Waals surface area contributed by atoms with Gasteiger partial charge in [0.1, 0.15) is 0 Å². The van der Waals surface area contributed by atoms with Crippen LogP contribution in [0.25, 0.3) is 0 Å². The molecule has 20 heavy (non-hydrogen) atoms. The lowest BCUT2D eigenvalue weighted by Crippen LogP contribution is -2.30. The van der Waals surface area contributed by atoms with Gasteiger partial charge in [-0.2, -0.15) is 0 Å². The molecule has 0 aliphatic rings. The van der Waals surface area contributed by atoms with Crippen molar-refractivity contribution in [3.8, 4) is 0 Å². The summed E-state index contributed by atoms with van der Waals surface area (Å²) in [5.74, 6) is 0. The minimum atomic E-state index is -0.441. The molecule has 1 unspecified atom stereocenters. The second-order valence-electron chi connectivity index (χ2n) is 5.01. The number of halogens is 1. The van der Waals surface area contributed by atoms with Gasteiger partial charge in [0.15, 0.2) is 0 Å². The third kappa shape index (κ3) is 8.00. The Morgan fingerprint density at radius 3 is 2.80 bits per heavy atom. The molecule has 4 heteroatoms. The summed E-state index contributed by atoms with van der Waals surface area (Å²) in [4.78, 5) is 0. The molecule has 0 heterocycles. The highest BCUT2D eigenvalue weighted by Gasteiger charge is 2.04. The number of rotatable bonds is 11. The van der Waals surface area contributed by atoms with Crippen LogP contribution in [0.5, 0.6) is 0 Å². The molecule has 2 N–H and O–H groups in total. The minimum absolute atomic E-state index is 0.412. The zero-order valence-corrected chi connectivity index (χ0v) is 13.9. The van der Waals surface area contributed by atoms with Crippen LogP contribution in [-0.4, -0.2) is 31.0 Å². The Morgan fingerprint density at radius 2 is 2.05 bits per heavy atom. The van der Waals surface area contributed by atoms with Crippen molar-refractivity contribution in [2.24, 2.45) is 0 Å². The molecule has 0 amide bonds. The van der Waals surface area contributed by atoms with Gasteiger partial charge < -0.3 is 15.2 Å². The zero-order chi connectivity index (χ0) is 14.6. The van der Waals surface area contributed by atoms with E-state index in [4.69, 9.17) is 4.74 Å². The summed E-state index contributed by atoms with van der Waals surface area (Å²) in [6.45, 7) is 4.66. The van der Waals surface area contributed by atoms with E-state index in [-0.39, 0.29) is 0 Å². The van der Waals surface area contributed by atoms with E-state index >= 15 is 0 Å². The maximum atomic E-state index is 9.80. The molecular weight excluding hydrogens is 318 g/mol. The smallest absolute Gasteiger partial charge is 0.0897 e. The van der Waals surface area contributed by atoms with Crippen LogP contribution < -0.4 is 5.32 Å². The van der Waals surface area contributed by atoms with Crippen molar-refractivity contribution in [2.75, 3.05) is 19.8 Å². The Kier molecular flexibility index (Phi) is 9.93. The quantitative estimate of drug-likeness (QED) is 0.604. The van der Waals surface area contributed by atoms with Crippen molar-refractivity contribution in [2.45, 2.75) is 45.3 Å². The summed E-state index contributed by atoms with van der Waals surface area (Å²) < 4.78 is 6.56. The van der Waals surface area contributed by atoms with Crippen molar-refractivity contribution in [3.63, 3.8) is 0 Å². The molecule has 0 radical (unpaired) electrons. The first kappa shape index (κ1) is 17.6. The monoisotopic (exact) mass is 343 g/mol. The summed E-state index contributed by atoms with van der Waals surface area (Å²) in [5.41, 5.74) is 1.19. The third-order valence-electron chi connectivity index (χ3n) is 3.11. The van der Waals surface area contributed by atoms with Gasteiger partial charge in [-0.05, 0) is 18.1 Å². The lowest BCUT2D eigenvalue weighted by molar-refractivity contribution is 0.0353. The third-order valence-corrected chi connectivity index (χ3v) is 3.88. The van der Waals surface area contributed by atoms with E-state index < -0.39 is 6.10 Å². The molecular formula is C16H26BrNO2. The van der Waals surface area contributed by atoms with Crippen molar-refractivity contribution in [1.82, 2.24) is 5.32 Å². The first-order chi connectivity index (χ1) is 9.74. The maximum Gasteiger partial charge on any atom is 0.0897 e. The van der Waals surface area contributed by atoms with Crippen LogP contribution in [-0.2, 0) is 11.3 Å². The van der Waals surface area contributed by atoms with E-state index in [9.17, 15) is 5.11 Å². The van der Waals surface area contributed by atoms with Gasteiger partial charge in [-0.25, -0.2) is 0 Å². The molecule has 0 aromatic heterocycles. The second-order valence-corrected chi connectivity index (χ2v) is 5.87. The van der Waals surface area contributed by atoms with E-state index in [0.29, 0.717) is 13.2 Å². The number of aliphatic hydroxyl groups excluding tert-OH is 1. The van der Waals surface area contributed by atoms with Crippen LogP contribution in [0.15, 0.2) is 28.7 Å². The van der Waals surface area contributed by atoms with E-state index in [2.05, 4.69) is 34.2 Å². The minimum Gasteiger partial charge on any atom is -0.389 e. The van der Waals surface area contributed by atoms with Crippen LogP contribution in [0, 0.1) is 0 Å². The number of benzene rings is 1. The summed E-state index contributed by atoms with van der Waals surface area (Å²) >= 11 is 3.51. The van der Waals surface area contributed by atoms with Gasteiger partial charge in [0.25, 0.3) is 0 Å². The Morgan fingerprint density at radius 1 is 1.25 bits per heavy atom. The first-order valence-electron chi connectivity index (χ1n) is 7.44. The van der Waals surface area contributed by atoms with E-state index in [1.54, 1.807) is 0 Å². The summed E-state index contributed by atoms with van der Waals surface area (Å²) in [6.07, 6.45) is 4.36. The molecule has 0 fully saturated rings. The molecule has 0 saturated carbocycles. The van der Waals surface area contributed by atoms with Gasteiger partial charge in [-0.3, -0.25) is 0 Å². The Bertz CT molecular complexity index is 360. The Labute approximate surface area is 130 Å². The maximum absolute atomic E-state index is 9.80. The second kappa shape index (κ2) is 11.3. The summed E-state index contributed by atoms with van der Waals surface area (Å²) in [6, 6.07) is 8.09. The summed E-state index contributed by atoms with van der Waals surface area (Å²) in [7, 11) is 0. The highest BCUT2D eigenvalue weighted by molar-refractivity contribution is 9.10. The number of hydrogen-bond donors (Lipinski definition) is 2. The molecule has 3 nitrogen and oxygen atoms in total. The van der Waals surface area contributed by atoms with E-state index in [1.807, 2.05) is 18.2 Å². The largest absolute Gasteiger partial charge is 0.389 e. The molecule has 0 saturated heterocycles. The van der Waals surface area contributed by atoms with Crippen molar-refractivity contribution in [3.05, 3.63) is 34.3 Å². The number of unbranched alkanes of at least 4 members (excludes halogenated alkanes) is 3. The van der Waals surface area contributed by atoms with Gasteiger partial charge in [-0.15, -0.1) is 0 Å². The zero-order valence-electron chi connectivity index (χ0n) is 12.3.